The molecule has 6 heteroatoms. The molecule has 0 saturated carbocycles. The van der Waals surface area contributed by atoms with E-state index in [0.717, 1.165) is 22.1 Å². The Balaban J connectivity index is 1.73. The maximum atomic E-state index is 12.1. The van der Waals surface area contributed by atoms with Gasteiger partial charge in [-0.1, -0.05) is 30.3 Å². The number of carbonyl (C=O) groups excluding carboxylic acids is 1. The average molecular weight is 347 g/mol. The minimum absolute atomic E-state index is 0.113. The molecule has 24 heavy (non-hydrogen) atoms. The molecule has 0 aliphatic carbocycles. The van der Waals surface area contributed by atoms with Crippen molar-refractivity contribution in [2.75, 3.05) is 19.4 Å². The molecule has 1 fully saturated rings. The largest absolute Gasteiger partial charge is 0.496 e. The molecular formula is C18H21NO4S. The van der Waals surface area contributed by atoms with Crippen molar-refractivity contribution in [1.29, 1.82) is 0 Å². The molecule has 0 radical (unpaired) electrons. The first-order valence-corrected chi connectivity index (χ1v) is 9.78. The fourth-order valence-electron chi connectivity index (χ4n) is 3.28. The van der Waals surface area contributed by atoms with Gasteiger partial charge in [-0.3, -0.25) is 4.79 Å². The third-order valence-electron chi connectivity index (χ3n) is 4.51. The number of rotatable bonds is 5. The standard InChI is InChI=1S/C18H21NO4S/c1-23-16-9-8-13-5-2-3-6-14(13)15(16)10-11-19-18(20)17-7-4-12-24(17,21)22/h2-3,5-6,8-9,17H,4,7,10-12H2,1H3,(H,19,20). The minimum Gasteiger partial charge on any atom is -0.496 e. The van der Waals surface area contributed by atoms with Gasteiger partial charge in [0, 0.05) is 12.1 Å². The maximum Gasteiger partial charge on any atom is 0.238 e. The highest BCUT2D eigenvalue weighted by Gasteiger charge is 2.36. The van der Waals surface area contributed by atoms with E-state index in [1.807, 2.05) is 36.4 Å². The molecule has 128 valence electrons. The first-order chi connectivity index (χ1) is 11.5. The predicted molar refractivity (Wildman–Crippen MR) is 94.0 cm³/mol. The Morgan fingerprint density at radius 2 is 2.04 bits per heavy atom. The van der Waals surface area contributed by atoms with E-state index in [1.54, 1.807) is 7.11 Å². The second-order valence-electron chi connectivity index (χ2n) is 6.01. The van der Waals surface area contributed by atoms with Gasteiger partial charge in [0.25, 0.3) is 0 Å². The number of ether oxygens (including phenoxy) is 1. The van der Waals surface area contributed by atoms with Crippen LogP contribution in [0.3, 0.4) is 0 Å². The Bertz CT molecular complexity index is 860. The van der Waals surface area contributed by atoms with E-state index < -0.39 is 15.1 Å². The second kappa shape index (κ2) is 6.81. The highest BCUT2D eigenvalue weighted by atomic mass is 32.2. The monoisotopic (exact) mass is 347 g/mol. The lowest BCUT2D eigenvalue weighted by atomic mass is 10.0. The molecule has 1 saturated heterocycles. The Morgan fingerprint density at radius 3 is 2.75 bits per heavy atom. The molecule has 0 aromatic heterocycles. The summed E-state index contributed by atoms with van der Waals surface area (Å²) in [7, 11) is -1.64. The SMILES string of the molecule is COc1ccc2ccccc2c1CCNC(=O)C1CCCS1(=O)=O. The average Bonchev–Trinajstić information content (AvgIpc) is 2.94. The summed E-state index contributed by atoms with van der Waals surface area (Å²) >= 11 is 0. The van der Waals surface area contributed by atoms with Crippen molar-refractivity contribution in [1.82, 2.24) is 5.32 Å². The van der Waals surface area contributed by atoms with E-state index in [4.69, 9.17) is 4.74 Å². The lowest BCUT2D eigenvalue weighted by Gasteiger charge is -2.14. The van der Waals surface area contributed by atoms with Crippen LogP contribution in [0.5, 0.6) is 5.75 Å². The number of hydrogen-bond acceptors (Lipinski definition) is 4. The van der Waals surface area contributed by atoms with Gasteiger partial charge in [-0.05, 0) is 36.1 Å². The molecule has 1 N–H and O–H groups in total. The molecule has 1 atom stereocenters. The molecule has 1 unspecified atom stereocenters. The van der Waals surface area contributed by atoms with Crippen LogP contribution in [0.15, 0.2) is 36.4 Å². The first-order valence-electron chi connectivity index (χ1n) is 8.07. The molecule has 0 bridgehead atoms. The Labute approximate surface area is 141 Å². The van der Waals surface area contributed by atoms with Gasteiger partial charge in [-0.15, -0.1) is 0 Å². The fourth-order valence-corrected chi connectivity index (χ4v) is 5.06. The van der Waals surface area contributed by atoms with Gasteiger partial charge in [-0.25, -0.2) is 8.42 Å². The van der Waals surface area contributed by atoms with Crippen molar-refractivity contribution in [3.8, 4) is 5.75 Å². The van der Waals surface area contributed by atoms with E-state index >= 15 is 0 Å². The van der Waals surface area contributed by atoms with Crippen LogP contribution >= 0.6 is 0 Å². The zero-order chi connectivity index (χ0) is 17.2. The maximum absolute atomic E-state index is 12.1. The number of hydrogen-bond donors (Lipinski definition) is 1. The van der Waals surface area contributed by atoms with Gasteiger partial charge < -0.3 is 10.1 Å². The quantitative estimate of drug-likeness (QED) is 0.899. The summed E-state index contributed by atoms with van der Waals surface area (Å²) in [6.07, 6.45) is 1.58. The van der Waals surface area contributed by atoms with Gasteiger partial charge in [0.2, 0.25) is 5.91 Å². The second-order valence-corrected chi connectivity index (χ2v) is 8.31. The van der Waals surface area contributed by atoms with Gasteiger partial charge >= 0.3 is 0 Å². The Morgan fingerprint density at radius 1 is 1.25 bits per heavy atom. The minimum atomic E-state index is -3.27. The van der Waals surface area contributed by atoms with Crippen LogP contribution in [0.2, 0.25) is 0 Å². The summed E-state index contributed by atoms with van der Waals surface area (Å²) in [5.74, 6) is 0.505. The van der Waals surface area contributed by atoms with Crippen molar-refractivity contribution in [2.45, 2.75) is 24.5 Å². The number of methoxy groups -OCH3 is 1. The number of benzene rings is 2. The van der Waals surface area contributed by atoms with Crippen LogP contribution in [0.4, 0.5) is 0 Å². The van der Waals surface area contributed by atoms with Gasteiger partial charge in [-0.2, -0.15) is 0 Å². The lowest BCUT2D eigenvalue weighted by molar-refractivity contribution is -0.120. The number of sulfone groups is 1. The fraction of sp³-hybridized carbons (Fsp3) is 0.389. The highest BCUT2D eigenvalue weighted by Crippen LogP contribution is 2.28. The van der Waals surface area contributed by atoms with Gasteiger partial charge in [0.15, 0.2) is 9.84 Å². The molecule has 0 spiro atoms. The number of nitrogens with one attached hydrogen (secondary N) is 1. The lowest BCUT2D eigenvalue weighted by Crippen LogP contribution is -2.38. The van der Waals surface area contributed by atoms with Crippen molar-refractivity contribution < 1.29 is 17.9 Å². The van der Waals surface area contributed by atoms with Crippen LogP contribution in [-0.4, -0.2) is 39.0 Å². The van der Waals surface area contributed by atoms with Gasteiger partial charge in [0.05, 0.1) is 12.9 Å². The summed E-state index contributed by atoms with van der Waals surface area (Å²) in [6, 6.07) is 11.9. The topological polar surface area (TPSA) is 72.5 Å². The Hall–Kier alpha value is -2.08. The Kier molecular flexibility index (Phi) is 4.76. The molecule has 1 heterocycles. The van der Waals surface area contributed by atoms with E-state index in [0.29, 0.717) is 25.8 Å². The number of carbonyl (C=O) groups is 1. The van der Waals surface area contributed by atoms with E-state index in [1.165, 1.54) is 0 Å². The van der Waals surface area contributed by atoms with E-state index in [9.17, 15) is 13.2 Å². The normalized spacial score (nSPS) is 19.3. The molecular weight excluding hydrogens is 326 g/mol. The van der Waals surface area contributed by atoms with Crippen LogP contribution < -0.4 is 10.1 Å². The smallest absolute Gasteiger partial charge is 0.238 e. The van der Waals surface area contributed by atoms with Crippen molar-refractivity contribution in [3.63, 3.8) is 0 Å². The molecule has 1 aliphatic rings. The molecule has 3 rings (SSSR count). The summed E-state index contributed by atoms with van der Waals surface area (Å²) < 4.78 is 29.1. The third-order valence-corrected chi connectivity index (χ3v) is 6.69. The molecule has 2 aromatic rings. The van der Waals surface area contributed by atoms with Crippen LogP contribution in [-0.2, 0) is 21.1 Å². The van der Waals surface area contributed by atoms with Crippen LogP contribution in [0, 0.1) is 0 Å². The van der Waals surface area contributed by atoms with Crippen molar-refractivity contribution in [3.05, 3.63) is 42.0 Å². The van der Waals surface area contributed by atoms with Crippen LogP contribution in [0.25, 0.3) is 10.8 Å². The number of fused-ring (bicyclic) bond motifs is 1. The summed E-state index contributed by atoms with van der Waals surface area (Å²) in [4.78, 5) is 12.1. The van der Waals surface area contributed by atoms with Crippen molar-refractivity contribution >= 4 is 26.5 Å². The zero-order valence-corrected chi connectivity index (χ0v) is 14.4. The first kappa shape index (κ1) is 16.8. The summed E-state index contributed by atoms with van der Waals surface area (Å²) in [6.45, 7) is 0.384. The molecule has 2 aromatic carbocycles. The molecule has 1 aliphatic heterocycles. The number of amides is 1. The third kappa shape index (κ3) is 3.24. The highest BCUT2D eigenvalue weighted by molar-refractivity contribution is 7.93. The summed E-state index contributed by atoms with van der Waals surface area (Å²) in [5.41, 5.74) is 1.02. The van der Waals surface area contributed by atoms with E-state index in [-0.39, 0.29) is 11.7 Å². The van der Waals surface area contributed by atoms with E-state index in [2.05, 4.69) is 5.32 Å². The van der Waals surface area contributed by atoms with Crippen LogP contribution in [0.1, 0.15) is 18.4 Å². The summed E-state index contributed by atoms with van der Waals surface area (Å²) in [5, 5.41) is 4.08. The molecule has 1 amide bonds. The zero-order valence-electron chi connectivity index (χ0n) is 13.6. The van der Waals surface area contributed by atoms with Gasteiger partial charge in [0.1, 0.15) is 11.0 Å². The molecule has 5 nitrogen and oxygen atoms in total. The van der Waals surface area contributed by atoms with Crippen molar-refractivity contribution in [2.24, 2.45) is 0 Å². The predicted octanol–water partition coefficient (Wildman–Crippen LogP) is 2.08.